The zero-order chi connectivity index (χ0) is 18.5. The summed E-state index contributed by atoms with van der Waals surface area (Å²) in [5.41, 5.74) is -5.23. The number of likely N-dealkylation sites (tertiary alicyclic amines) is 1. The summed E-state index contributed by atoms with van der Waals surface area (Å²) >= 11 is 0. The Morgan fingerprint density at radius 1 is 0.962 bits per heavy atom. The molecule has 5 aliphatic rings. The monoisotopic (exact) mass is 361 g/mol. The SMILES string of the molecule is COC(=O)C12[C@@H]3C=C[C@@]4(CN(C(C)=O)C[C@]5(C=C[C@H]1O5)C24C(=O)OC)O3. The number of rotatable bonds is 2. The van der Waals surface area contributed by atoms with Crippen molar-refractivity contribution in [3.63, 3.8) is 0 Å². The first-order chi connectivity index (χ1) is 12.3. The predicted octanol–water partition coefficient (Wildman–Crippen LogP) is -0.418. The van der Waals surface area contributed by atoms with Crippen molar-refractivity contribution in [2.75, 3.05) is 27.3 Å². The molecule has 2 unspecified atom stereocenters. The largest absolute Gasteiger partial charge is 0.468 e. The third kappa shape index (κ3) is 1.20. The first-order valence-electron chi connectivity index (χ1n) is 8.52. The van der Waals surface area contributed by atoms with Gasteiger partial charge in [0.2, 0.25) is 5.91 Å². The molecule has 8 nitrogen and oxygen atoms in total. The van der Waals surface area contributed by atoms with E-state index in [1.165, 1.54) is 21.1 Å². The van der Waals surface area contributed by atoms with E-state index in [9.17, 15) is 14.4 Å². The number of piperidine rings is 1. The molecule has 2 spiro atoms. The van der Waals surface area contributed by atoms with Gasteiger partial charge in [-0.05, 0) is 0 Å². The average Bonchev–Trinajstić information content (AvgIpc) is 3.35. The van der Waals surface area contributed by atoms with Crippen molar-refractivity contribution in [3.05, 3.63) is 24.3 Å². The van der Waals surface area contributed by atoms with Crippen LogP contribution in [-0.4, -0.2) is 73.5 Å². The Labute approximate surface area is 149 Å². The van der Waals surface area contributed by atoms with Crippen molar-refractivity contribution < 1.29 is 33.3 Å². The quantitative estimate of drug-likeness (QED) is 0.487. The molecule has 5 heterocycles. The van der Waals surface area contributed by atoms with Gasteiger partial charge in [-0.3, -0.25) is 14.4 Å². The lowest BCUT2D eigenvalue weighted by Gasteiger charge is -2.57. The molecule has 8 heteroatoms. The number of carbonyl (C=O) groups excluding carboxylic acids is 3. The molecule has 0 radical (unpaired) electrons. The fraction of sp³-hybridized carbons (Fsp3) is 0.611. The second kappa shape index (κ2) is 4.37. The Morgan fingerprint density at radius 2 is 1.46 bits per heavy atom. The normalized spacial score (nSPS) is 48.7. The van der Waals surface area contributed by atoms with E-state index in [0.29, 0.717) is 0 Å². The van der Waals surface area contributed by atoms with Crippen LogP contribution < -0.4 is 0 Å². The van der Waals surface area contributed by atoms with Gasteiger partial charge < -0.3 is 23.8 Å². The Kier molecular flexibility index (Phi) is 2.69. The van der Waals surface area contributed by atoms with Crippen molar-refractivity contribution in [3.8, 4) is 0 Å². The molecule has 0 N–H and O–H groups in total. The summed E-state index contributed by atoms with van der Waals surface area (Å²) in [7, 11) is 2.58. The number of carbonyl (C=O) groups is 3. The van der Waals surface area contributed by atoms with Crippen LogP contribution in [0.25, 0.3) is 0 Å². The minimum atomic E-state index is -1.44. The van der Waals surface area contributed by atoms with Crippen molar-refractivity contribution in [2.45, 2.75) is 30.3 Å². The molecule has 3 fully saturated rings. The molecule has 5 aliphatic heterocycles. The summed E-state index contributed by atoms with van der Waals surface area (Å²) in [6.45, 7) is 1.76. The number of hydrogen-bond donors (Lipinski definition) is 0. The van der Waals surface area contributed by atoms with Crippen molar-refractivity contribution in [2.24, 2.45) is 10.8 Å². The Hall–Kier alpha value is -2.19. The van der Waals surface area contributed by atoms with Gasteiger partial charge in [0.15, 0.2) is 5.41 Å². The minimum Gasteiger partial charge on any atom is -0.468 e. The summed E-state index contributed by atoms with van der Waals surface area (Å²) < 4.78 is 22.9. The van der Waals surface area contributed by atoms with Gasteiger partial charge in [0.25, 0.3) is 0 Å². The van der Waals surface area contributed by atoms with E-state index in [4.69, 9.17) is 18.9 Å². The maximum Gasteiger partial charge on any atom is 0.320 e. The van der Waals surface area contributed by atoms with Gasteiger partial charge >= 0.3 is 11.9 Å². The maximum atomic E-state index is 13.3. The molecule has 5 rings (SSSR count). The number of fused-ring (bicyclic) bond motifs is 4. The van der Waals surface area contributed by atoms with Crippen LogP contribution in [0, 0.1) is 10.8 Å². The molecular formula is C18H19NO7. The van der Waals surface area contributed by atoms with Crippen LogP contribution in [0.1, 0.15) is 6.92 Å². The molecule has 0 aromatic heterocycles. The third-order valence-electron chi connectivity index (χ3n) is 6.85. The summed E-state index contributed by atoms with van der Waals surface area (Å²) in [5.74, 6) is -1.30. The number of ether oxygens (including phenoxy) is 4. The highest BCUT2D eigenvalue weighted by molar-refractivity contribution is 5.97. The summed E-state index contributed by atoms with van der Waals surface area (Å²) in [6, 6.07) is 0. The van der Waals surface area contributed by atoms with Gasteiger partial charge in [-0.1, -0.05) is 24.3 Å². The average molecular weight is 361 g/mol. The van der Waals surface area contributed by atoms with Crippen molar-refractivity contribution in [1.29, 1.82) is 0 Å². The van der Waals surface area contributed by atoms with E-state index in [-0.39, 0.29) is 19.0 Å². The van der Waals surface area contributed by atoms with Gasteiger partial charge in [-0.2, -0.15) is 0 Å². The van der Waals surface area contributed by atoms with Crippen LogP contribution in [0.2, 0.25) is 0 Å². The van der Waals surface area contributed by atoms with E-state index < -0.39 is 46.2 Å². The Balaban J connectivity index is 1.86. The summed E-state index contributed by atoms with van der Waals surface area (Å²) in [5, 5.41) is 0. The number of hydrogen-bond acceptors (Lipinski definition) is 7. The maximum absolute atomic E-state index is 13.3. The smallest absolute Gasteiger partial charge is 0.320 e. The van der Waals surface area contributed by atoms with Crippen LogP contribution in [-0.2, 0) is 33.3 Å². The molecule has 0 aromatic rings. The number of esters is 2. The number of amides is 1. The van der Waals surface area contributed by atoms with Gasteiger partial charge in [0, 0.05) is 6.92 Å². The van der Waals surface area contributed by atoms with E-state index in [1.807, 2.05) is 0 Å². The first-order valence-corrected chi connectivity index (χ1v) is 8.52. The van der Waals surface area contributed by atoms with Gasteiger partial charge in [-0.25, -0.2) is 0 Å². The molecule has 138 valence electrons. The van der Waals surface area contributed by atoms with E-state index in [1.54, 1.807) is 29.2 Å². The molecule has 26 heavy (non-hydrogen) atoms. The lowest BCUT2D eigenvalue weighted by atomic mass is 9.44. The van der Waals surface area contributed by atoms with Gasteiger partial charge in [0.05, 0.1) is 39.5 Å². The Morgan fingerprint density at radius 3 is 1.88 bits per heavy atom. The van der Waals surface area contributed by atoms with Crippen LogP contribution in [0.3, 0.4) is 0 Å². The highest BCUT2D eigenvalue weighted by Gasteiger charge is 2.95. The highest BCUT2D eigenvalue weighted by atomic mass is 16.6. The minimum absolute atomic E-state index is 0.148. The number of nitrogens with zero attached hydrogens (tertiary/aromatic N) is 1. The van der Waals surface area contributed by atoms with Crippen molar-refractivity contribution >= 4 is 17.8 Å². The second-order valence-electron chi connectivity index (χ2n) is 7.55. The predicted molar refractivity (Wildman–Crippen MR) is 84.6 cm³/mol. The molecule has 1 amide bonds. The zero-order valence-electron chi connectivity index (χ0n) is 14.7. The van der Waals surface area contributed by atoms with Crippen molar-refractivity contribution in [1.82, 2.24) is 4.90 Å². The van der Waals surface area contributed by atoms with Gasteiger partial charge in [-0.15, -0.1) is 0 Å². The van der Waals surface area contributed by atoms with E-state index in [2.05, 4.69) is 0 Å². The number of methoxy groups -OCH3 is 2. The molecular weight excluding hydrogens is 342 g/mol. The van der Waals surface area contributed by atoms with Crippen LogP contribution >= 0.6 is 0 Å². The standard InChI is InChI=1S/C18H19NO7/c1-10(20)19-8-15-6-4-11(25-15)17(13(21)23-2)12-5-7-16(9-19,26-12)18(15,17)14(22)24-3/h4-7,11-12H,8-9H2,1-3H3/t11-,12+,15-,16+,17?,18?. The summed E-state index contributed by atoms with van der Waals surface area (Å²) in [6.07, 6.45) is 5.71. The van der Waals surface area contributed by atoms with Crippen LogP contribution in [0.5, 0.6) is 0 Å². The Bertz CT molecular complexity index is 778. The molecule has 3 saturated heterocycles. The third-order valence-corrected chi connectivity index (χ3v) is 6.85. The molecule has 4 bridgehead atoms. The molecule has 0 aromatic carbocycles. The van der Waals surface area contributed by atoms with E-state index in [0.717, 1.165) is 0 Å². The second-order valence-corrected chi connectivity index (χ2v) is 7.55. The highest BCUT2D eigenvalue weighted by Crippen LogP contribution is 2.77. The van der Waals surface area contributed by atoms with Crippen LogP contribution in [0.4, 0.5) is 0 Å². The van der Waals surface area contributed by atoms with Crippen LogP contribution in [0.15, 0.2) is 24.3 Å². The lowest BCUT2D eigenvalue weighted by molar-refractivity contribution is -0.203. The molecule has 0 aliphatic carbocycles. The molecule has 6 atom stereocenters. The zero-order valence-corrected chi connectivity index (χ0v) is 14.7. The summed E-state index contributed by atoms with van der Waals surface area (Å²) in [4.78, 5) is 40.2. The van der Waals surface area contributed by atoms with E-state index >= 15 is 0 Å². The van der Waals surface area contributed by atoms with Gasteiger partial charge in [0.1, 0.15) is 16.6 Å². The fourth-order valence-corrected chi connectivity index (χ4v) is 6.14. The topological polar surface area (TPSA) is 91.4 Å². The fourth-order valence-electron chi connectivity index (χ4n) is 6.14. The lowest BCUT2D eigenvalue weighted by Crippen LogP contribution is -2.77. The molecule has 0 saturated carbocycles. The first kappa shape index (κ1) is 16.0.